The van der Waals surface area contributed by atoms with E-state index in [0.717, 1.165) is 0 Å². The van der Waals surface area contributed by atoms with Crippen molar-refractivity contribution in [2.24, 2.45) is 0 Å². The highest BCUT2D eigenvalue weighted by molar-refractivity contribution is 5.34. The highest BCUT2D eigenvalue weighted by atomic mass is 14.3. The Morgan fingerprint density at radius 2 is 1.64 bits per heavy atom. The number of hydrogen-bond acceptors (Lipinski definition) is 0. The van der Waals surface area contributed by atoms with E-state index in [9.17, 15) is 0 Å². The normalized spacial score (nSPS) is 19.9. The lowest BCUT2D eigenvalue weighted by atomic mass is 9.80. The first-order chi connectivity index (χ1) is 6.62. The molecular formula is C14H20. The highest BCUT2D eigenvalue weighted by Gasteiger charge is 2.30. The van der Waals surface area contributed by atoms with Crippen molar-refractivity contribution in [3.8, 4) is 0 Å². The molecule has 0 nitrogen and oxygen atoms in total. The van der Waals surface area contributed by atoms with Crippen LogP contribution >= 0.6 is 0 Å². The molecule has 2 rings (SSSR count). The maximum absolute atomic E-state index is 2.42. The average Bonchev–Trinajstić information content (AvgIpc) is 2.58. The summed E-state index contributed by atoms with van der Waals surface area (Å²) in [5, 5.41) is 0. The summed E-state index contributed by atoms with van der Waals surface area (Å²) in [4.78, 5) is 0. The van der Waals surface area contributed by atoms with E-state index >= 15 is 0 Å². The summed E-state index contributed by atoms with van der Waals surface area (Å²) < 4.78 is 0. The van der Waals surface area contributed by atoms with Crippen LogP contribution in [0.15, 0.2) is 18.2 Å². The van der Waals surface area contributed by atoms with Gasteiger partial charge in [0.1, 0.15) is 0 Å². The zero-order valence-corrected chi connectivity index (χ0v) is 9.56. The SMILES string of the molecule is Cc1ccc(C2(C)CCCC2)cc1C. The molecule has 0 amide bonds. The number of benzene rings is 1. The second kappa shape index (κ2) is 3.42. The smallest absolute Gasteiger partial charge is 0.00751 e. The Labute approximate surface area is 87.3 Å². The molecule has 0 spiro atoms. The van der Waals surface area contributed by atoms with Crippen molar-refractivity contribution >= 4 is 0 Å². The molecule has 1 aliphatic carbocycles. The van der Waals surface area contributed by atoms with Crippen LogP contribution < -0.4 is 0 Å². The van der Waals surface area contributed by atoms with Crippen molar-refractivity contribution in [3.05, 3.63) is 34.9 Å². The molecule has 0 radical (unpaired) electrons. The predicted octanol–water partition coefficient (Wildman–Crippen LogP) is 4.14. The van der Waals surface area contributed by atoms with Crippen LogP contribution in [-0.4, -0.2) is 0 Å². The molecule has 0 aromatic heterocycles. The van der Waals surface area contributed by atoms with Gasteiger partial charge in [0, 0.05) is 0 Å². The summed E-state index contributed by atoms with van der Waals surface area (Å²) in [5.74, 6) is 0. The molecule has 0 bridgehead atoms. The van der Waals surface area contributed by atoms with Gasteiger partial charge in [-0.25, -0.2) is 0 Å². The lowest BCUT2D eigenvalue weighted by Crippen LogP contribution is -2.16. The fraction of sp³-hybridized carbons (Fsp3) is 0.571. The lowest BCUT2D eigenvalue weighted by Gasteiger charge is -2.24. The molecule has 1 aliphatic rings. The van der Waals surface area contributed by atoms with Crippen molar-refractivity contribution in [2.75, 3.05) is 0 Å². The van der Waals surface area contributed by atoms with Crippen molar-refractivity contribution in [1.29, 1.82) is 0 Å². The van der Waals surface area contributed by atoms with E-state index < -0.39 is 0 Å². The van der Waals surface area contributed by atoms with E-state index in [-0.39, 0.29) is 0 Å². The summed E-state index contributed by atoms with van der Waals surface area (Å²) in [5.41, 5.74) is 4.88. The molecule has 0 N–H and O–H groups in total. The van der Waals surface area contributed by atoms with Crippen molar-refractivity contribution in [3.63, 3.8) is 0 Å². The first kappa shape index (κ1) is 9.76. The molecule has 1 aromatic rings. The third kappa shape index (κ3) is 1.58. The Morgan fingerprint density at radius 1 is 1.00 bits per heavy atom. The Kier molecular flexibility index (Phi) is 2.38. The molecule has 1 fully saturated rings. The van der Waals surface area contributed by atoms with E-state index in [1.807, 2.05) is 0 Å². The molecule has 0 saturated heterocycles. The molecule has 76 valence electrons. The fourth-order valence-electron chi connectivity index (χ4n) is 2.56. The monoisotopic (exact) mass is 188 g/mol. The Hall–Kier alpha value is -0.780. The van der Waals surface area contributed by atoms with E-state index in [4.69, 9.17) is 0 Å². The van der Waals surface area contributed by atoms with Crippen LogP contribution in [0.2, 0.25) is 0 Å². The number of rotatable bonds is 1. The third-order valence-electron chi connectivity index (χ3n) is 3.91. The molecule has 1 saturated carbocycles. The van der Waals surface area contributed by atoms with Crippen LogP contribution in [0.25, 0.3) is 0 Å². The van der Waals surface area contributed by atoms with E-state index in [2.05, 4.69) is 39.0 Å². The van der Waals surface area contributed by atoms with E-state index in [1.54, 1.807) is 5.56 Å². The summed E-state index contributed by atoms with van der Waals surface area (Å²) in [6, 6.07) is 6.99. The van der Waals surface area contributed by atoms with Crippen LogP contribution in [0.5, 0.6) is 0 Å². The Bertz CT molecular complexity index is 330. The fourth-order valence-corrected chi connectivity index (χ4v) is 2.56. The van der Waals surface area contributed by atoms with Gasteiger partial charge in [-0.2, -0.15) is 0 Å². The standard InChI is InChI=1S/C14H20/c1-11-6-7-13(10-12(11)2)14(3)8-4-5-9-14/h6-7,10H,4-5,8-9H2,1-3H3. The van der Waals surface area contributed by atoms with Gasteiger partial charge in [-0.05, 0) is 48.8 Å². The van der Waals surface area contributed by atoms with Gasteiger partial charge in [-0.1, -0.05) is 38.0 Å². The molecule has 0 unspecified atom stereocenters. The summed E-state index contributed by atoms with van der Waals surface area (Å²) >= 11 is 0. The maximum Gasteiger partial charge on any atom is -0.00751 e. The minimum atomic E-state index is 0.471. The summed E-state index contributed by atoms with van der Waals surface area (Å²) in [6.07, 6.45) is 5.55. The van der Waals surface area contributed by atoms with Crippen molar-refractivity contribution in [1.82, 2.24) is 0 Å². The van der Waals surface area contributed by atoms with Crippen LogP contribution in [-0.2, 0) is 5.41 Å². The second-order valence-corrected chi connectivity index (χ2v) is 5.07. The molecule has 0 heteroatoms. The minimum absolute atomic E-state index is 0.471. The van der Waals surface area contributed by atoms with Gasteiger partial charge in [0.25, 0.3) is 0 Å². The lowest BCUT2D eigenvalue weighted by molar-refractivity contribution is 0.491. The molecule has 0 aliphatic heterocycles. The quantitative estimate of drug-likeness (QED) is 0.621. The molecule has 0 atom stereocenters. The van der Waals surface area contributed by atoms with Crippen molar-refractivity contribution in [2.45, 2.75) is 51.9 Å². The first-order valence-electron chi connectivity index (χ1n) is 5.70. The summed E-state index contributed by atoms with van der Waals surface area (Å²) in [6.45, 7) is 6.83. The largest absolute Gasteiger partial charge is 0.0588 e. The van der Waals surface area contributed by atoms with Gasteiger partial charge in [0.05, 0.1) is 0 Å². The van der Waals surface area contributed by atoms with Gasteiger partial charge < -0.3 is 0 Å². The van der Waals surface area contributed by atoms with E-state index in [0.29, 0.717) is 5.41 Å². The van der Waals surface area contributed by atoms with Crippen LogP contribution in [0.4, 0.5) is 0 Å². The Balaban J connectivity index is 2.36. The molecule has 14 heavy (non-hydrogen) atoms. The first-order valence-corrected chi connectivity index (χ1v) is 5.70. The van der Waals surface area contributed by atoms with Crippen molar-refractivity contribution < 1.29 is 0 Å². The van der Waals surface area contributed by atoms with Crippen LogP contribution in [0.1, 0.15) is 49.3 Å². The third-order valence-corrected chi connectivity index (χ3v) is 3.91. The van der Waals surface area contributed by atoms with Gasteiger partial charge in [0.15, 0.2) is 0 Å². The van der Waals surface area contributed by atoms with Gasteiger partial charge in [-0.15, -0.1) is 0 Å². The zero-order valence-electron chi connectivity index (χ0n) is 9.56. The van der Waals surface area contributed by atoms with Gasteiger partial charge in [0.2, 0.25) is 0 Å². The average molecular weight is 188 g/mol. The molecular weight excluding hydrogens is 168 g/mol. The minimum Gasteiger partial charge on any atom is -0.0588 e. The predicted molar refractivity (Wildman–Crippen MR) is 61.7 cm³/mol. The maximum atomic E-state index is 2.42. The second-order valence-electron chi connectivity index (χ2n) is 5.07. The van der Waals surface area contributed by atoms with Gasteiger partial charge in [-0.3, -0.25) is 0 Å². The van der Waals surface area contributed by atoms with E-state index in [1.165, 1.54) is 36.8 Å². The molecule has 0 heterocycles. The zero-order chi connectivity index (χ0) is 10.2. The van der Waals surface area contributed by atoms with Crippen LogP contribution in [0, 0.1) is 13.8 Å². The Morgan fingerprint density at radius 3 is 2.21 bits per heavy atom. The number of hydrogen-bond donors (Lipinski definition) is 0. The molecule has 1 aromatic carbocycles. The summed E-state index contributed by atoms with van der Waals surface area (Å²) in [7, 11) is 0. The van der Waals surface area contributed by atoms with Gasteiger partial charge >= 0.3 is 0 Å². The highest BCUT2D eigenvalue weighted by Crippen LogP contribution is 2.40. The topological polar surface area (TPSA) is 0 Å². The van der Waals surface area contributed by atoms with Crippen LogP contribution in [0.3, 0.4) is 0 Å². The number of aryl methyl sites for hydroxylation is 2.